The molecule has 0 amide bonds. The third-order valence-corrected chi connectivity index (χ3v) is 4.99. The van der Waals surface area contributed by atoms with Crippen LogP contribution in [0.15, 0.2) is 36.4 Å². The molecule has 2 aromatic carbocycles. The van der Waals surface area contributed by atoms with Gasteiger partial charge in [-0.3, -0.25) is 0 Å². The summed E-state index contributed by atoms with van der Waals surface area (Å²) in [6.45, 7) is 4.26. The van der Waals surface area contributed by atoms with Crippen LogP contribution in [-0.2, 0) is 6.54 Å². The Kier molecular flexibility index (Phi) is 6.24. The molecule has 0 fully saturated rings. The molecular weight excluding hydrogens is 355 g/mol. The van der Waals surface area contributed by atoms with Crippen LogP contribution >= 0.6 is 23.2 Å². The first kappa shape index (κ1) is 18.5. The van der Waals surface area contributed by atoms with E-state index < -0.39 is 6.10 Å². The fourth-order valence-electron chi connectivity index (χ4n) is 3.29. The van der Waals surface area contributed by atoms with Crippen molar-refractivity contribution >= 4 is 45.0 Å². The van der Waals surface area contributed by atoms with E-state index in [1.807, 2.05) is 36.4 Å². The quantitative estimate of drug-likeness (QED) is 0.525. The number of aliphatic hydroxyl groups is 1. The number of nitrogens with zero attached hydrogens (tertiary/aromatic N) is 1. The molecule has 0 aliphatic rings. The fraction of sp³-hybridized carbons (Fsp3) is 0.400. The largest absolute Gasteiger partial charge is 0.390 e. The first-order valence-electron chi connectivity index (χ1n) is 8.86. The van der Waals surface area contributed by atoms with E-state index in [0.29, 0.717) is 23.1 Å². The molecule has 0 spiro atoms. The van der Waals surface area contributed by atoms with Gasteiger partial charge in [-0.1, -0.05) is 43.0 Å². The van der Waals surface area contributed by atoms with Crippen LogP contribution in [0, 0.1) is 0 Å². The van der Waals surface area contributed by atoms with Crippen molar-refractivity contribution in [2.75, 3.05) is 13.1 Å². The van der Waals surface area contributed by atoms with Gasteiger partial charge in [-0.05, 0) is 49.4 Å². The molecule has 1 unspecified atom stereocenters. The molecule has 3 rings (SSSR count). The lowest BCUT2D eigenvalue weighted by atomic mass is 10.1. The number of hydrogen-bond acceptors (Lipinski definition) is 2. The SMILES string of the molecule is CCCCCNCC(O)Cn1c2ccc(Cl)cc2c2cc(Cl)ccc21. The molecule has 3 aromatic rings. The van der Waals surface area contributed by atoms with Crippen LogP contribution in [0.25, 0.3) is 21.8 Å². The van der Waals surface area contributed by atoms with Gasteiger partial charge in [0.2, 0.25) is 0 Å². The molecule has 5 heteroatoms. The van der Waals surface area contributed by atoms with Crippen molar-refractivity contribution in [2.45, 2.75) is 38.8 Å². The topological polar surface area (TPSA) is 37.2 Å². The summed E-state index contributed by atoms with van der Waals surface area (Å²) in [4.78, 5) is 0. The summed E-state index contributed by atoms with van der Waals surface area (Å²) in [5.74, 6) is 0. The van der Waals surface area contributed by atoms with Crippen LogP contribution in [0.2, 0.25) is 10.0 Å². The predicted molar refractivity (Wildman–Crippen MR) is 108 cm³/mol. The second-order valence-electron chi connectivity index (χ2n) is 6.50. The minimum absolute atomic E-state index is 0.452. The second kappa shape index (κ2) is 8.41. The van der Waals surface area contributed by atoms with Crippen LogP contribution in [0.1, 0.15) is 26.2 Å². The van der Waals surface area contributed by atoms with E-state index in [1.165, 1.54) is 12.8 Å². The molecule has 3 nitrogen and oxygen atoms in total. The van der Waals surface area contributed by atoms with Gasteiger partial charge in [0.15, 0.2) is 0 Å². The lowest BCUT2D eigenvalue weighted by molar-refractivity contribution is 0.154. The van der Waals surface area contributed by atoms with Crippen molar-refractivity contribution in [1.82, 2.24) is 9.88 Å². The highest BCUT2D eigenvalue weighted by molar-refractivity contribution is 6.33. The number of unbranched alkanes of at least 4 members (excludes halogenated alkanes) is 2. The number of nitrogens with one attached hydrogen (secondary N) is 1. The van der Waals surface area contributed by atoms with Crippen molar-refractivity contribution in [2.24, 2.45) is 0 Å². The van der Waals surface area contributed by atoms with E-state index in [9.17, 15) is 5.11 Å². The smallest absolute Gasteiger partial charge is 0.0843 e. The Morgan fingerprint density at radius 1 is 1.00 bits per heavy atom. The monoisotopic (exact) mass is 378 g/mol. The normalized spacial score (nSPS) is 13.0. The molecule has 0 radical (unpaired) electrons. The number of fused-ring (bicyclic) bond motifs is 3. The summed E-state index contributed by atoms with van der Waals surface area (Å²) >= 11 is 12.4. The Bertz CT molecular complexity index is 800. The predicted octanol–water partition coefficient (Wildman–Crippen LogP) is 5.24. The Balaban J connectivity index is 1.84. The van der Waals surface area contributed by atoms with Crippen LogP contribution in [0.3, 0.4) is 0 Å². The molecule has 0 saturated carbocycles. The molecule has 0 saturated heterocycles. The molecular formula is C20H24Cl2N2O. The lowest BCUT2D eigenvalue weighted by Crippen LogP contribution is -2.30. The summed E-state index contributed by atoms with van der Waals surface area (Å²) in [7, 11) is 0. The van der Waals surface area contributed by atoms with Crippen LogP contribution < -0.4 is 5.32 Å². The zero-order valence-electron chi connectivity index (χ0n) is 14.4. The molecule has 0 aliphatic carbocycles. The van der Waals surface area contributed by atoms with Crippen LogP contribution in [0.4, 0.5) is 0 Å². The zero-order chi connectivity index (χ0) is 17.8. The summed E-state index contributed by atoms with van der Waals surface area (Å²) in [6, 6.07) is 11.7. The van der Waals surface area contributed by atoms with E-state index in [1.54, 1.807) is 0 Å². The maximum atomic E-state index is 10.5. The molecule has 2 N–H and O–H groups in total. The van der Waals surface area contributed by atoms with Gasteiger partial charge in [0, 0.05) is 38.4 Å². The van der Waals surface area contributed by atoms with Crippen molar-refractivity contribution < 1.29 is 5.11 Å². The second-order valence-corrected chi connectivity index (χ2v) is 7.37. The Hall–Kier alpha value is -1.26. The molecule has 1 aromatic heterocycles. The third-order valence-electron chi connectivity index (χ3n) is 4.52. The van der Waals surface area contributed by atoms with E-state index in [2.05, 4.69) is 16.8 Å². The lowest BCUT2D eigenvalue weighted by Gasteiger charge is -2.15. The number of aliphatic hydroxyl groups excluding tert-OH is 1. The Morgan fingerprint density at radius 2 is 1.60 bits per heavy atom. The summed E-state index contributed by atoms with van der Waals surface area (Å²) < 4.78 is 2.15. The Morgan fingerprint density at radius 3 is 2.16 bits per heavy atom. The minimum Gasteiger partial charge on any atom is -0.390 e. The highest BCUT2D eigenvalue weighted by atomic mass is 35.5. The van der Waals surface area contributed by atoms with Gasteiger partial charge in [0.05, 0.1) is 12.6 Å². The summed E-state index contributed by atoms with van der Waals surface area (Å²) in [5, 5.41) is 17.3. The average Bonchev–Trinajstić information content (AvgIpc) is 2.87. The number of benzene rings is 2. The fourth-order valence-corrected chi connectivity index (χ4v) is 3.63. The standard InChI is InChI=1S/C20H24Cl2N2O/c1-2-3-4-9-23-12-16(25)13-24-19-7-5-14(21)10-17(19)18-11-15(22)6-8-20(18)24/h5-8,10-11,16,23,25H,2-4,9,12-13H2,1H3. The van der Waals surface area contributed by atoms with Crippen LogP contribution in [0.5, 0.6) is 0 Å². The maximum absolute atomic E-state index is 10.5. The average molecular weight is 379 g/mol. The molecule has 25 heavy (non-hydrogen) atoms. The van der Waals surface area contributed by atoms with Crippen molar-refractivity contribution in [3.8, 4) is 0 Å². The first-order valence-corrected chi connectivity index (χ1v) is 9.61. The van der Waals surface area contributed by atoms with Gasteiger partial charge in [0.25, 0.3) is 0 Å². The molecule has 0 aliphatic heterocycles. The minimum atomic E-state index is -0.452. The maximum Gasteiger partial charge on any atom is 0.0843 e. The van der Waals surface area contributed by atoms with Crippen LogP contribution in [-0.4, -0.2) is 28.9 Å². The van der Waals surface area contributed by atoms with Gasteiger partial charge in [-0.15, -0.1) is 0 Å². The first-order chi connectivity index (χ1) is 12.1. The van der Waals surface area contributed by atoms with Gasteiger partial charge in [0.1, 0.15) is 0 Å². The molecule has 134 valence electrons. The van der Waals surface area contributed by atoms with Gasteiger partial charge >= 0.3 is 0 Å². The molecule has 0 bridgehead atoms. The van der Waals surface area contributed by atoms with Crippen molar-refractivity contribution in [3.63, 3.8) is 0 Å². The van der Waals surface area contributed by atoms with E-state index >= 15 is 0 Å². The molecule has 1 atom stereocenters. The van der Waals surface area contributed by atoms with Crippen molar-refractivity contribution in [1.29, 1.82) is 0 Å². The summed E-state index contributed by atoms with van der Waals surface area (Å²) in [6.07, 6.45) is 3.12. The van der Waals surface area contributed by atoms with E-state index in [0.717, 1.165) is 34.8 Å². The van der Waals surface area contributed by atoms with Gasteiger partial charge < -0.3 is 15.0 Å². The zero-order valence-corrected chi connectivity index (χ0v) is 15.9. The third kappa shape index (κ3) is 4.29. The van der Waals surface area contributed by atoms with Gasteiger partial charge in [-0.25, -0.2) is 0 Å². The van der Waals surface area contributed by atoms with Crippen molar-refractivity contribution in [3.05, 3.63) is 46.4 Å². The van der Waals surface area contributed by atoms with Gasteiger partial charge in [-0.2, -0.15) is 0 Å². The number of rotatable bonds is 8. The number of aromatic nitrogens is 1. The van der Waals surface area contributed by atoms with E-state index in [4.69, 9.17) is 23.2 Å². The van der Waals surface area contributed by atoms with E-state index in [-0.39, 0.29) is 0 Å². The highest BCUT2D eigenvalue weighted by Crippen LogP contribution is 2.32. The number of hydrogen-bond donors (Lipinski definition) is 2. The summed E-state index contributed by atoms with van der Waals surface area (Å²) in [5.41, 5.74) is 2.12. The number of halogens is 2. The molecule has 1 heterocycles. The Labute approximate surface area is 158 Å². The highest BCUT2D eigenvalue weighted by Gasteiger charge is 2.14.